The molecule has 1 aliphatic carbocycles. The topological polar surface area (TPSA) is 50.7 Å². The van der Waals surface area contributed by atoms with E-state index in [0.717, 1.165) is 60.4 Å². The van der Waals surface area contributed by atoms with Gasteiger partial charge >= 0.3 is 0 Å². The van der Waals surface area contributed by atoms with E-state index in [1.807, 2.05) is 10.6 Å². The fourth-order valence-corrected chi connectivity index (χ4v) is 4.24. The summed E-state index contributed by atoms with van der Waals surface area (Å²) in [6, 6.07) is 8.52. The number of aromatic amines is 1. The second kappa shape index (κ2) is 4.57. The Morgan fingerprint density at radius 2 is 2.00 bits per heavy atom. The largest absolute Gasteiger partial charge is 0.352 e. The Balaban J connectivity index is 1.87. The molecule has 4 heteroatoms. The Bertz CT molecular complexity index is 996. The molecule has 0 amide bonds. The van der Waals surface area contributed by atoms with Crippen molar-refractivity contribution in [3.05, 3.63) is 51.4 Å². The molecule has 23 heavy (non-hydrogen) atoms. The highest BCUT2D eigenvalue weighted by atomic mass is 16.1. The molecule has 116 valence electrons. The van der Waals surface area contributed by atoms with Crippen LogP contribution in [0.5, 0.6) is 0 Å². The van der Waals surface area contributed by atoms with E-state index < -0.39 is 0 Å². The van der Waals surface area contributed by atoms with Crippen LogP contribution in [0.3, 0.4) is 0 Å². The minimum atomic E-state index is 0.156. The summed E-state index contributed by atoms with van der Waals surface area (Å²) < 4.78 is 1.92. The number of H-pyrrole nitrogens is 1. The summed E-state index contributed by atoms with van der Waals surface area (Å²) in [5, 5.41) is 1.26. The monoisotopic (exact) mass is 305 g/mol. The van der Waals surface area contributed by atoms with Crippen LogP contribution in [0, 0.1) is 0 Å². The van der Waals surface area contributed by atoms with Crippen LogP contribution in [0.15, 0.2) is 29.1 Å². The van der Waals surface area contributed by atoms with Crippen molar-refractivity contribution in [2.75, 3.05) is 0 Å². The average molecular weight is 305 g/mol. The summed E-state index contributed by atoms with van der Waals surface area (Å²) in [6.45, 7) is 2.13. The highest BCUT2D eigenvalue weighted by Crippen LogP contribution is 2.37. The van der Waals surface area contributed by atoms with Gasteiger partial charge in [0.15, 0.2) is 5.82 Å². The molecule has 2 aliphatic rings. The molecule has 1 aromatic carbocycles. The molecular weight excluding hydrogens is 286 g/mol. The molecule has 5 rings (SSSR count). The van der Waals surface area contributed by atoms with Gasteiger partial charge < -0.3 is 4.98 Å². The van der Waals surface area contributed by atoms with Gasteiger partial charge in [-0.2, -0.15) is 0 Å². The molecule has 0 spiro atoms. The summed E-state index contributed by atoms with van der Waals surface area (Å²) in [5.74, 6) is 0.834. The molecule has 0 radical (unpaired) electrons. The lowest BCUT2D eigenvalue weighted by atomic mass is 9.94. The van der Waals surface area contributed by atoms with Gasteiger partial charge in [-0.15, -0.1) is 0 Å². The Morgan fingerprint density at radius 3 is 2.91 bits per heavy atom. The third-order valence-electron chi connectivity index (χ3n) is 5.36. The molecule has 0 saturated heterocycles. The average Bonchev–Trinajstić information content (AvgIpc) is 2.94. The van der Waals surface area contributed by atoms with Gasteiger partial charge in [0.2, 0.25) is 0 Å². The number of para-hydroxylation sites is 1. The van der Waals surface area contributed by atoms with Crippen molar-refractivity contribution in [1.82, 2.24) is 14.5 Å². The van der Waals surface area contributed by atoms with Gasteiger partial charge in [-0.1, -0.05) is 18.2 Å². The Hall–Kier alpha value is -2.36. The Labute approximate surface area is 134 Å². The third-order valence-corrected chi connectivity index (χ3v) is 5.36. The first-order chi connectivity index (χ1) is 11.2. The molecule has 1 N–H and O–H groups in total. The Morgan fingerprint density at radius 1 is 1.17 bits per heavy atom. The number of hydrogen-bond donors (Lipinski definition) is 1. The molecule has 4 nitrogen and oxygen atoms in total. The molecule has 3 heterocycles. The minimum absolute atomic E-state index is 0.156. The summed E-state index contributed by atoms with van der Waals surface area (Å²) in [5.41, 5.74) is 5.62. The highest BCUT2D eigenvalue weighted by Gasteiger charge is 2.30. The maximum absolute atomic E-state index is 13.0. The number of aromatic nitrogens is 3. The van der Waals surface area contributed by atoms with E-state index in [9.17, 15) is 4.79 Å². The molecule has 0 saturated carbocycles. The first-order valence-corrected chi connectivity index (χ1v) is 8.48. The van der Waals surface area contributed by atoms with E-state index in [4.69, 9.17) is 4.98 Å². The zero-order valence-electron chi connectivity index (χ0n) is 13.2. The molecule has 3 aromatic rings. The summed E-state index contributed by atoms with van der Waals surface area (Å²) >= 11 is 0. The van der Waals surface area contributed by atoms with Crippen molar-refractivity contribution in [2.24, 2.45) is 0 Å². The molecule has 1 unspecified atom stereocenters. The van der Waals surface area contributed by atoms with Gasteiger partial charge in [-0.05, 0) is 50.7 Å². The third kappa shape index (κ3) is 1.72. The molecule has 1 aliphatic heterocycles. The first-order valence-electron chi connectivity index (χ1n) is 8.48. The highest BCUT2D eigenvalue weighted by molar-refractivity contribution is 5.90. The lowest BCUT2D eigenvalue weighted by molar-refractivity contribution is 0.499. The number of hydrogen-bond acceptors (Lipinski definition) is 2. The zero-order valence-corrected chi connectivity index (χ0v) is 13.2. The molecule has 2 aromatic heterocycles. The second-order valence-corrected chi connectivity index (χ2v) is 6.82. The lowest BCUT2D eigenvalue weighted by Crippen LogP contribution is -2.34. The standard InChI is InChI=1S/C19H19N3O/c1-11-10-14-12-6-2-4-8-15(12)20-17(14)18-21-16-9-5-3-7-13(16)19(23)22(11)18/h2,4,6,8,11,20H,3,5,7,9-10H2,1H3. The van der Waals surface area contributed by atoms with Crippen LogP contribution in [-0.2, 0) is 19.3 Å². The number of benzene rings is 1. The van der Waals surface area contributed by atoms with Crippen molar-refractivity contribution in [1.29, 1.82) is 0 Å². The quantitative estimate of drug-likeness (QED) is 0.692. The smallest absolute Gasteiger partial charge is 0.257 e. The molecule has 1 atom stereocenters. The van der Waals surface area contributed by atoms with Gasteiger partial charge in [0.25, 0.3) is 5.56 Å². The first kappa shape index (κ1) is 13.1. The van der Waals surface area contributed by atoms with Crippen LogP contribution in [0.25, 0.3) is 22.4 Å². The van der Waals surface area contributed by atoms with Crippen LogP contribution in [-0.4, -0.2) is 14.5 Å². The maximum atomic E-state index is 13.0. The van der Waals surface area contributed by atoms with Crippen LogP contribution >= 0.6 is 0 Å². The van der Waals surface area contributed by atoms with Gasteiger partial charge in [0.1, 0.15) is 0 Å². The summed E-state index contributed by atoms with van der Waals surface area (Å²) in [4.78, 5) is 21.4. The van der Waals surface area contributed by atoms with Crippen molar-refractivity contribution in [3.63, 3.8) is 0 Å². The van der Waals surface area contributed by atoms with E-state index in [1.54, 1.807) is 0 Å². The SMILES string of the molecule is CC1Cc2c([nH]c3ccccc23)-c2nc3c(c(=O)n21)CCCC3. The van der Waals surface area contributed by atoms with Gasteiger partial charge in [-0.3, -0.25) is 9.36 Å². The molecule has 0 bridgehead atoms. The fourth-order valence-electron chi connectivity index (χ4n) is 4.24. The maximum Gasteiger partial charge on any atom is 0.257 e. The van der Waals surface area contributed by atoms with Crippen molar-refractivity contribution in [3.8, 4) is 11.5 Å². The Kier molecular flexibility index (Phi) is 2.61. The van der Waals surface area contributed by atoms with Gasteiger partial charge in [0, 0.05) is 22.5 Å². The number of rotatable bonds is 0. The number of nitrogens with one attached hydrogen (secondary N) is 1. The number of aryl methyl sites for hydroxylation is 1. The second-order valence-electron chi connectivity index (χ2n) is 6.82. The molecule has 0 fully saturated rings. The normalized spacial score (nSPS) is 19.3. The van der Waals surface area contributed by atoms with E-state index in [0.29, 0.717) is 0 Å². The number of nitrogens with zero attached hydrogens (tertiary/aromatic N) is 2. The van der Waals surface area contributed by atoms with E-state index in [-0.39, 0.29) is 11.6 Å². The zero-order chi connectivity index (χ0) is 15.6. The summed E-state index contributed by atoms with van der Waals surface area (Å²) in [7, 11) is 0. The van der Waals surface area contributed by atoms with Gasteiger partial charge in [-0.25, -0.2) is 4.98 Å². The van der Waals surface area contributed by atoms with Gasteiger partial charge in [0.05, 0.1) is 11.4 Å². The van der Waals surface area contributed by atoms with E-state index in [1.165, 1.54) is 10.9 Å². The fraction of sp³-hybridized carbons (Fsp3) is 0.368. The van der Waals surface area contributed by atoms with E-state index in [2.05, 4.69) is 30.1 Å². The van der Waals surface area contributed by atoms with Crippen LogP contribution in [0.1, 0.15) is 42.6 Å². The van der Waals surface area contributed by atoms with E-state index >= 15 is 0 Å². The lowest BCUT2D eigenvalue weighted by Gasteiger charge is -2.27. The molecular formula is C19H19N3O. The van der Waals surface area contributed by atoms with Crippen molar-refractivity contribution in [2.45, 2.75) is 45.1 Å². The van der Waals surface area contributed by atoms with Crippen molar-refractivity contribution < 1.29 is 0 Å². The minimum Gasteiger partial charge on any atom is -0.352 e. The number of fused-ring (bicyclic) bond motifs is 6. The van der Waals surface area contributed by atoms with Crippen LogP contribution in [0.4, 0.5) is 0 Å². The predicted octanol–water partition coefficient (Wildman–Crippen LogP) is 3.39. The van der Waals surface area contributed by atoms with Crippen molar-refractivity contribution >= 4 is 10.9 Å². The van der Waals surface area contributed by atoms with Crippen LogP contribution in [0.2, 0.25) is 0 Å². The predicted molar refractivity (Wildman–Crippen MR) is 90.8 cm³/mol. The van der Waals surface area contributed by atoms with Crippen LogP contribution < -0.4 is 5.56 Å². The summed E-state index contributed by atoms with van der Waals surface area (Å²) in [6.07, 6.45) is 4.94.